The van der Waals surface area contributed by atoms with Crippen LogP contribution in [0.1, 0.15) is 5.56 Å². The molecule has 0 bridgehead atoms. The van der Waals surface area contributed by atoms with E-state index in [1.165, 1.54) is 19.2 Å². The van der Waals surface area contributed by atoms with E-state index in [1.807, 2.05) is 6.07 Å². The minimum atomic E-state index is -0.664. The zero-order valence-corrected chi connectivity index (χ0v) is 10.5. The molecule has 0 N–H and O–H groups in total. The number of hydrogen-bond donors (Lipinski definition) is 0. The van der Waals surface area contributed by atoms with E-state index < -0.39 is 16.6 Å². The van der Waals surface area contributed by atoms with E-state index in [0.29, 0.717) is 0 Å². The normalized spacial score (nSPS) is 11.4. The van der Waals surface area contributed by atoms with Gasteiger partial charge in [-0.1, -0.05) is 15.9 Å². The van der Waals surface area contributed by atoms with Gasteiger partial charge in [-0.15, -0.1) is 0 Å². The van der Waals surface area contributed by atoms with E-state index in [-0.39, 0.29) is 17.9 Å². The molecule has 0 aliphatic rings. The second kappa shape index (κ2) is 6.21. The Morgan fingerprint density at radius 3 is 2.88 bits per heavy atom. The third-order valence-corrected chi connectivity index (χ3v) is 2.54. The fourth-order valence-corrected chi connectivity index (χ4v) is 1.37. The predicted molar refractivity (Wildman–Crippen MR) is 61.3 cm³/mol. The van der Waals surface area contributed by atoms with E-state index in [2.05, 4.69) is 20.7 Å². The zero-order valence-electron chi connectivity index (χ0n) is 8.94. The highest BCUT2D eigenvalue weighted by molar-refractivity contribution is 9.10. The Balaban J connectivity index is 2.64. The molecule has 90 valence electrons. The Labute approximate surface area is 106 Å². The van der Waals surface area contributed by atoms with E-state index in [1.54, 1.807) is 0 Å². The second-order valence-corrected chi connectivity index (χ2v) is 4.16. The van der Waals surface area contributed by atoms with Crippen molar-refractivity contribution in [1.82, 2.24) is 0 Å². The summed E-state index contributed by atoms with van der Waals surface area (Å²) in [7, 11) is 1.25. The molecule has 0 aliphatic carbocycles. The number of rotatable bonds is 4. The lowest BCUT2D eigenvalue weighted by Gasteiger charge is -2.10. The molecule has 0 aliphatic heterocycles. The van der Waals surface area contributed by atoms with Crippen molar-refractivity contribution in [2.75, 3.05) is 13.7 Å². The molecule has 0 saturated heterocycles. The van der Waals surface area contributed by atoms with Gasteiger partial charge in [0.15, 0.2) is 11.6 Å². The van der Waals surface area contributed by atoms with Crippen LogP contribution in [0.5, 0.6) is 5.75 Å². The molecule has 4 nitrogen and oxygen atoms in total. The molecule has 0 aromatic heterocycles. The maximum absolute atomic E-state index is 13.4. The summed E-state index contributed by atoms with van der Waals surface area (Å²) in [4.78, 5) is 10.4. The van der Waals surface area contributed by atoms with Gasteiger partial charge in [0.2, 0.25) is 0 Å². The Morgan fingerprint density at radius 1 is 1.65 bits per heavy atom. The van der Waals surface area contributed by atoms with Crippen LogP contribution < -0.4 is 4.74 Å². The van der Waals surface area contributed by atoms with Gasteiger partial charge < -0.3 is 9.47 Å². The molecule has 1 aromatic rings. The SMILES string of the molecule is COC(=O)C(Br)COc1ccc(C#N)cc1F. The molecule has 0 heterocycles. The number of carbonyl (C=O) groups is 1. The molecule has 1 aromatic carbocycles. The highest BCUT2D eigenvalue weighted by Crippen LogP contribution is 2.19. The van der Waals surface area contributed by atoms with E-state index in [9.17, 15) is 9.18 Å². The molecule has 0 amide bonds. The highest BCUT2D eigenvalue weighted by Gasteiger charge is 2.16. The smallest absolute Gasteiger partial charge is 0.322 e. The average molecular weight is 302 g/mol. The molecule has 1 atom stereocenters. The third-order valence-electron chi connectivity index (χ3n) is 1.90. The minimum absolute atomic E-state index is 0.0163. The summed E-state index contributed by atoms with van der Waals surface area (Å²) in [5.41, 5.74) is 0.207. The first-order chi connectivity index (χ1) is 8.08. The number of benzene rings is 1. The summed E-state index contributed by atoms with van der Waals surface area (Å²) in [6.07, 6.45) is 0. The van der Waals surface area contributed by atoms with Crippen molar-refractivity contribution < 1.29 is 18.7 Å². The standard InChI is InChI=1S/C11H9BrFNO3/c1-16-11(15)8(12)6-17-10-3-2-7(5-14)4-9(10)13/h2-4,8H,6H2,1H3. The number of ether oxygens (including phenoxy) is 2. The minimum Gasteiger partial charge on any atom is -0.489 e. The van der Waals surface area contributed by atoms with Crippen LogP contribution in [-0.2, 0) is 9.53 Å². The topological polar surface area (TPSA) is 59.3 Å². The van der Waals surface area contributed by atoms with Crippen LogP contribution in [0.15, 0.2) is 18.2 Å². The molecule has 1 unspecified atom stereocenters. The number of carbonyl (C=O) groups excluding carboxylic acids is 1. The van der Waals surface area contributed by atoms with Crippen LogP contribution in [0.3, 0.4) is 0 Å². The summed E-state index contributed by atoms with van der Waals surface area (Å²) in [6.45, 7) is -0.0600. The molecule has 0 saturated carbocycles. The van der Waals surface area contributed by atoms with Gasteiger partial charge in [0.05, 0.1) is 18.7 Å². The van der Waals surface area contributed by atoms with Gasteiger partial charge in [0.1, 0.15) is 11.4 Å². The highest BCUT2D eigenvalue weighted by atomic mass is 79.9. The maximum atomic E-state index is 13.4. The lowest BCUT2D eigenvalue weighted by molar-refractivity contribution is -0.140. The molecule has 6 heteroatoms. The molecule has 0 fully saturated rings. The molecule has 17 heavy (non-hydrogen) atoms. The average Bonchev–Trinajstić information content (AvgIpc) is 2.35. The number of alkyl halides is 1. The molecular formula is C11H9BrFNO3. The van der Waals surface area contributed by atoms with Crippen molar-refractivity contribution in [1.29, 1.82) is 5.26 Å². The first-order valence-electron chi connectivity index (χ1n) is 4.63. The Kier molecular flexibility index (Phi) is 4.91. The Hall–Kier alpha value is -1.61. The fraction of sp³-hybridized carbons (Fsp3) is 0.273. The van der Waals surface area contributed by atoms with Crippen molar-refractivity contribution in [3.63, 3.8) is 0 Å². The van der Waals surface area contributed by atoms with Gasteiger partial charge in [-0.3, -0.25) is 4.79 Å². The van der Waals surface area contributed by atoms with Crippen LogP contribution in [0, 0.1) is 17.1 Å². The number of nitriles is 1. The van der Waals surface area contributed by atoms with Gasteiger partial charge in [0, 0.05) is 0 Å². The van der Waals surface area contributed by atoms with Crippen molar-refractivity contribution in [2.24, 2.45) is 0 Å². The van der Waals surface area contributed by atoms with Crippen LogP contribution in [0.25, 0.3) is 0 Å². The number of nitrogens with zero attached hydrogens (tertiary/aromatic N) is 1. The van der Waals surface area contributed by atoms with Gasteiger partial charge >= 0.3 is 5.97 Å². The van der Waals surface area contributed by atoms with E-state index in [4.69, 9.17) is 10.00 Å². The molecule has 0 spiro atoms. The summed E-state index contributed by atoms with van der Waals surface area (Å²) in [5.74, 6) is -1.16. The third kappa shape index (κ3) is 3.71. The van der Waals surface area contributed by atoms with Crippen LogP contribution in [0.4, 0.5) is 4.39 Å². The van der Waals surface area contributed by atoms with Gasteiger partial charge in [0.25, 0.3) is 0 Å². The first-order valence-corrected chi connectivity index (χ1v) is 5.54. The lowest BCUT2D eigenvalue weighted by Crippen LogP contribution is -2.23. The van der Waals surface area contributed by atoms with Crippen molar-refractivity contribution in [3.05, 3.63) is 29.6 Å². The van der Waals surface area contributed by atoms with Gasteiger partial charge in [-0.2, -0.15) is 5.26 Å². The van der Waals surface area contributed by atoms with Crippen LogP contribution in [-0.4, -0.2) is 24.5 Å². The predicted octanol–water partition coefficient (Wildman–Crippen LogP) is 2.01. The number of hydrogen-bond acceptors (Lipinski definition) is 4. The lowest BCUT2D eigenvalue weighted by atomic mass is 10.2. The van der Waals surface area contributed by atoms with Crippen LogP contribution in [0.2, 0.25) is 0 Å². The monoisotopic (exact) mass is 301 g/mol. The molecule has 0 radical (unpaired) electrons. The first kappa shape index (κ1) is 13.5. The number of methoxy groups -OCH3 is 1. The summed E-state index contributed by atoms with van der Waals surface area (Å²) in [5, 5.41) is 8.55. The van der Waals surface area contributed by atoms with Gasteiger partial charge in [-0.05, 0) is 18.2 Å². The van der Waals surface area contributed by atoms with Crippen molar-refractivity contribution in [3.8, 4) is 11.8 Å². The van der Waals surface area contributed by atoms with E-state index >= 15 is 0 Å². The molecular weight excluding hydrogens is 293 g/mol. The largest absolute Gasteiger partial charge is 0.489 e. The molecule has 1 rings (SSSR count). The van der Waals surface area contributed by atoms with Crippen molar-refractivity contribution >= 4 is 21.9 Å². The Morgan fingerprint density at radius 2 is 2.35 bits per heavy atom. The zero-order chi connectivity index (χ0) is 12.8. The number of esters is 1. The second-order valence-electron chi connectivity index (χ2n) is 3.06. The van der Waals surface area contributed by atoms with Gasteiger partial charge in [-0.25, -0.2) is 4.39 Å². The summed E-state index contributed by atoms with van der Waals surface area (Å²) < 4.78 is 22.9. The Bertz CT molecular complexity index is 459. The maximum Gasteiger partial charge on any atom is 0.322 e. The summed E-state index contributed by atoms with van der Waals surface area (Å²) >= 11 is 3.04. The number of halogens is 2. The quantitative estimate of drug-likeness (QED) is 0.630. The van der Waals surface area contributed by atoms with Crippen molar-refractivity contribution in [2.45, 2.75) is 4.83 Å². The van der Waals surface area contributed by atoms with Crippen LogP contribution >= 0.6 is 15.9 Å². The van der Waals surface area contributed by atoms with E-state index in [0.717, 1.165) is 6.07 Å². The fourth-order valence-electron chi connectivity index (χ4n) is 1.05. The summed E-state index contributed by atoms with van der Waals surface area (Å²) in [6, 6.07) is 5.64.